The SMILES string of the molecule is C/[N+]([O-])=C/c1ccccc1OCc1ccccc1. The van der Waals surface area contributed by atoms with Gasteiger partial charge in [0.05, 0.1) is 5.56 Å². The first kappa shape index (κ1) is 12.2. The van der Waals surface area contributed by atoms with Gasteiger partial charge in [0, 0.05) is 0 Å². The molecule has 0 aliphatic carbocycles. The summed E-state index contributed by atoms with van der Waals surface area (Å²) in [6.07, 6.45) is 1.50. The smallest absolute Gasteiger partial charge is 0.185 e. The van der Waals surface area contributed by atoms with Gasteiger partial charge in [-0.3, -0.25) is 0 Å². The third-order valence-electron chi connectivity index (χ3n) is 2.48. The highest BCUT2D eigenvalue weighted by Crippen LogP contribution is 2.17. The number of hydrogen-bond donors (Lipinski definition) is 0. The average molecular weight is 241 g/mol. The first-order valence-corrected chi connectivity index (χ1v) is 5.76. The number of para-hydroxylation sites is 1. The Morgan fingerprint density at radius 3 is 2.44 bits per heavy atom. The molecule has 0 spiro atoms. The molecule has 3 heteroatoms. The quantitative estimate of drug-likeness (QED) is 0.357. The molecule has 0 aliphatic rings. The summed E-state index contributed by atoms with van der Waals surface area (Å²) in [7, 11) is 1.45. The molecule has 92 valence electrons. The second kappa shape index (κ2) is 5.87. The normalized spacial score (nSPS) is 11.3. The van der Waals surface area contributed by atoms with Crippen LogP contribution in [0.3, 0.4) is 0 Å². The van der Waals surface area contributed by atoms with Gasteiger partial charge in [-0.25, -0.2) is 4.74 Å². The summed E-state index contributed by atoms with van der Waals surface area (Å²) in [6.45, 7) is 0.494. The summed E-state index contributed by atoms with van der Waals surface area (Å²) >= 11 is 0. The van der Waals surface area contributed by atoms with Gasteiger partial charge in [-0.1, -0.05) is 42.5 Å². The molecule has 0 N–H and O–H groups in total. The van der Waals surface area contributed by atoms with E-state index in [4.69, 9.17) is 4.74 Å². The summed E-state index contributed by atoms with van der Waals surface area (Å²) in [5, 5.41) is 11.0. The predicted octanol–water partition coefficient (Wildman–Crippen LogP) is 2.82. The first-order valence-electron chi connectivity index (χ1n) is 5.76. The van der Waals surface area contributed by atoms with Gasteiger partial charge in [-0.05, 0) is 17.7 Å². The fourth-order valence-electron chi connectivity index (χ4n) is 1.65. The minimum atomic E-state index is 0.494. The van der Waals surface area contributed by atoms with Crippen LogP contribution in [0.25, 0.3) is 0 Å². The number of ether oxygens (including phenoxy) is 1. The number of hydroxylamine groups is 1. The fraction of sp³-hybridized carbons (Fsp3) is 0.133. The van der Waals surface area contributed by atoms with Crippen molar-refractivity contribution in [3.05, 3.63) is 70.9 Å². The van der Waals surface area contributed by atoms with E-state index in [1.165, 1.54) is 13.3 Å². The van der Waals surface area contributed by atoms with Crippen LogP contribution in [0.1, 0.15) is 11.1 Å². The number of rotatable bonds is 4. The molecule has 18 heavy (non-hydrogen) atoms. The van der Waals surface area contributed by atoms with Crippen molar-refractivity contribution in [3.63, 3.8) is 0 Å². The third kappa shape index (κ3) is 3.35. The Hall–Kier alpha value is -2.29. The van der Waals surface area contributed by atoms with Crippen LogP contribution in [0.2, 0.25) is 0 Å². The molecule has 0 fully saturated rings. The summed E-state index contributed by atoms with van der Waals surface area (Å²) < 4.78 is 6.50. The largest absolute Gasteiger partial charge is 0.624 e. The Morgan fingerprint density at radius 2 is 1.72 bits per heavy atom. The average Bonchev–Trinajstić information content (AvgIpc) is 2.38. The van der Waals surface area contributed by atoms with Crippen LogP contribution in [0.15, 0.2) is 54.6 Å². The van der Waals surface area contributed by atoms with E-state index in [9.17, 15) is 5.21 Å². The molecule has 0 bridgehead atoms. The second-order valence-corrected chi connectivity index (χ2v) is 3.99. The molecule has 0 heterocycles. The van der Waals surface area contributed by atoms with Gasteiger partial charge < -0.3 is 9.94 Å². The predicted molar refractivity (Wildman–Crippen MR) is 71.9 cm³/mol. The van der Waals surface area contributed by atoms with Crippen molar-refractivity contribution in [2.45, 2.75) is 6.61 Å². The first-order chi connectivity index (χ1) is 8.75. The van der Waals surface area contributed by atoms with Crippen LogP contribution in [0.5, 0.6) is 5.75 Å². The Bertz CT molecular complexity index is 531. The van der Waals surface area contributed by atoms with E-state index < -0.39 is 0 Å². The molecular formula is C15H15NO2. The molecule has 0 saturated heterocycles. The molecule has 2 aromatic carbocycles. The lowest BCUT2D eigenvalue weighted by atomic mass is 10.2. The highest BCUT2D eigenvalue weighted by molar-refractivity contribution is 5.79. The number of hydrogen-bond acceptors (Lipinski definition) is 2. The summed E-state index contributed by atoms with van der Waals surface area (Å²) in [5.74, 6) is 0.712. The van der Waals surface area contributed by atoms with Gasteiger partial charge in [0.2, 0.25) is 0 Å². The highest BCUT2D eigenvalue weighted by Gasteiger charge is 2.03. The van der Waals surface area contributed by atoms with Crippen LogP contribution in [0, 0.1) is 5.21 Å². The third-order valence-corrected chi connectivity index (χ3v) is 2.48. The van der Waals surface area contributed by atoms with Crippen LogP contribution in [-0.2, 0) is 6.61 Å². The van der Waals surface area contributed by atoms with Gasteiger partial charge in [-0.2, -0.15) is 0 Å². The monoisotopic (exact) mass is 241 g/mol. The van der Waals surface area contributed by atoms with E-state index in [1.54, 1.807) is 0 Å². The van der Waals surface area contributed by atoms with Crippen molar-refractivity contribution < 1.29 is 9.48 Å². The Balaban J connectivity index is 2.12. The van der Waals surface area contributed by atoms with Gasteiger partial charge in [0.1, 0.15) is 19.4 Å². The molecule has 0 amide bonds. The molecule has 3 nitrogen and oxygen atoms in total. The second-order valence-electron chi connectivity index (χ2n) is 3.99. The topological polar surface area (TPSA) is 35.3 Å². The Kier molecular flexibility index (Phi) is 3.97. The molecule has 0 unspecified atom stereocenters. The van der Waals surface area contributed by atoms with Gasteiger partial charge in [-0.15, -0.1) is 0 Å². The van der Waals surface area contributed by atoms with Gasteiger partial charge in [0.15, 0.2) is 6.21 Å². The van der Waals surface area contributed by atoms with E-state index in [0.29, 0.717) is 12.4 Å². The van der Waals surface area contributed by atoms with Crippen molar-refractivity contribution in [2.24, 2.45) is 0 Å². The molecule has 2 rings (SSSR count). The van der Waals surface area contributed by atoms with E-state index in [0.717, 1.165) is 15.9 Å². The van der Waals surface area contributed by atoms with Crippen molar-refractivity contribution >= 4 is 6.21 Å². The Morgan fingerprint density at radius 1 is 1.06 bits per heavy atom. The maximum Gasteiger partial charge on any atom is 0.185 e. The van der Waals surface area contributed by atoms with Crippen molar-refractivity contribution in [1.29, 1.82) is 0 Å². The zero-order chi connectivity index (χ0) is 12.8. The van der Waals surface area contributed by atoms with Crippen molar-refractivity contribution in [1.82, 2.24) is 0 Å². The standard InChI is InChI=1S/C15H15NO2/c1-16(17)11-14-9-5-6-10-15(14)18-12-13-7-3-2-4-8-13/h2-11H,12H2,1H3/b16-11-. The minimum absolute atomic E-state index is 0.494. The van der Waals surface area contributed by atoms with E-state index in [-0.39, 0.29) is 0 Å². The zero-order valence-electron chi connectivity index (χ0n) is 10.2. The summed E-state index contributed by atoms with van der Waals surface area (Å²) in [4.78, 5) is 0. The van der Waals surface area contributed by atoms with Gasteiger partial charge >= 0.3 is 0 Å². The van der Waals surface area contributed by atoms with Crippen molar-refractivity contribution in [3.8, 4) is 5.75 Å². The maximum absolute atomic E-state index is 11.0. The van der Waals surface area contributed by atoms with E-state index >= 15 is 0 Å². The number of benzene rings is 2. The molecule has 0 aromatic heterocycles. The van der Waals surface area contributed by atoms with Crippen LogP contribution in [-0.4, -0.2) is 18.0 Å². The molecule has 0 radical (unpaired) electrons. The highest BCUT2D eigenvalue weighted by atomic mass is 16.5. The summed E-state index contributed by atoms with van der Waals surface area (Å²) in [6, 6.07) is 17.4. The lowest BCUT2D eigenvalue weighted by Crippen LogP contribution is -2.02. The molecule has 2 aromatic rings. The molecule has 0 aliphatic heterocycles. The molecule has 0 atom stereocenters. The molecular weight excluding hydrogens is 226 g/mol. The molecule has 0 saturated carbocycles. The fourth-order valence-corrected chi connectivity index (χ4v) is 1.65. The zero-order valence-corrected chi connectivity index (χ0v) is 10.2. The van der Waals surface area contributed by atoms with E-state index in [2.05, 4.69) is 0 Å². The lowest BCUT2D eigenvalue weighted by molar-refractivity contribution is -0.416. The van der Waals surface area contributed by atoms with Crippen LogP contribution >= 0.6 is 0 Å². The van der Waals surface area contributed by atoms with Crippen LogP contribution < -0.4 is 4.74 Å². The minimum Gasteiger partial charge on any atom is -0.624 e. The van der Waals surface area contributed by atoms with Crippen LogP contribution in [0.4, 0.5) is 0 Å². The lowest BCUT2D eigenvalue weighted by Gasteiger charge is -2.08. The number of nitrogens with zero attached hydrogens (tertiary/aromatic N) is 1. The van der Waals surface area contributed by atoms with E-state index in [1.807, 2.05) is 54.6 Å². The Labute approximate surface area is 107 Å². The van der Waals surface area contributed by atoms with Gasteiger partial charge in [0.25, 0.3) is 0 Å². The summed E-state index contributed by atoms with van der Waals surface area (Å²) in [5.41, 5.74) is 1.88. The maximum atomic E-state index is 11.0. The van der Waals surface area contributed by atoms with Crippen molar-refractivity contribution in [2.75, 3.05) is 7.05 Å².